The van der Waals surface area contributed by atoms with Crippen LogP contribution in [0, 0.1) is 0 Å². The molecule has 0 aliphatic rings. The zero-order valence-corrected chi connectivity index (χ0v) is 26.5. The lowest BCUT2D eigenvalue weighted by Gasteiger charge is -2.17. The highest BCUT2D eigenvalue weighted by atomic mass is 32.2. The Hall–Kier alpha value is -5.44. The van der Waals surface area contributed by atoms with Crippen LogP contribution in [0.3, 0.4) is 0 Å². The van der Waals surface area contributed by atoms with Crippen LogP contribution < -0.4 is 9.47 Å². The Bertz CT molecular complexity index is 2270. The van der Waals surface area contributed by atoms with Gasteiger partial charge in [0.1, 0.15) is 33.4 Å². The maximum Gasteiger partial charge on any atom is 0.326 e. The van der Waals surface area contributed by atoms with Crippen LogP contribution >= 0.6 is 11.8 Å². The van der Waals surface area contributed by atoms with E-state index in [0.717, 1.165) is 11.8 Å². The van der Waals surface area contributed by atoms with Crippen molar-refractivity contribution in [2.75, 3.05) is 0 Å². The SMILES string of the molecule is O=S(=O)(c1ccc(O)cc1)c1ccccc1Oc1cccc(S(=O)(=O)c2ccccc2)c1Oc1ncnc(Sc2ccc(O)cc2)n1. The third-order valence-electron chi connectivity index (χ3n) is 6.56. The molecule has 0 amide bonds. The van der Waals surface area contributed by atoms with Crippen molar-refractivity contribution in [3.05, 3.63) is 128 Å². The van der Waals surface area contributed by atoms with E-state index in [1.54, 1.807) is 36.4 Å². The van der Waals surface area contributed by atoms with Gasteiger partial charge >= 0.3 is 6.01 Å². The van der Waals surface area contributed by atoms with Crippen molar-refractivity contribution in [1.29, 1.82) is 0 Å². The van der Waals surface area contributed by atoms with Crippen LogP contribution in [0.15, 0.2) is 157 Å². The van der Waals surface area contributed by atoms with Crippen LogP contribution in [0.4, 0.5) is 0 Å². The molecule has 0 aliphatic heterocycles. The topological polar surface area (TPSA) is 166 Å². The molecule has 1 aromatic heterocycles. The summed E-state index contributed by atoms with van der Waals surface area (Å²) < 4.78 is 67.2. The molecule has 0 spiro atoms. The number of phenolic OH excluding ortho intramolecular Hbond substituents is 2. The summed E-state index contributed by atoms with van der Waals surface area (Å²) in [5.74, 6) is -0.549. The average molecular weight is 686 g/mol. The summed E-state index contributed by atoms with van der Waals surface area (Å²) in [6.07, 6.45) is 1.19. The van der Waals surface area contributed by atoms with Crippen LogP contribution in [-0.2, 0) is 19.7 Å². The number of hydrogen-bond acceptors (Lipinski definition) is 12. The van der Waals surface area contributed by atoms with E-state index in [0.29, 0.717) is 4.90 Å². The summed E-state index contributed by atoms with van der Waals surface area (Å²) in [6, 6.07) is 28.9. The number of nitrogens with zero attached hydrogens (tertiary/aromatic N) is 3. The molecule has 5 aromatic carbocycles. The van der Waals surface area contributed by atoms with Crippen molar-refractivity contribution in [2.45, 2.75) is 29.6 Å². The Morgan fingerprint density at radius 1 is 0.553 bits per heavy atom. The van der Waals surface area contributed by atoms with Crippen LogP contribution in [0.25, 0.3) is 0 Å². The van der Waals surface area contributed by atoms with Gasteiger partial charge in [-0.3, -0.25) is 0 Å². The molecule has 2 N–H and O–H groups in total. The van der Waals surface area contributed by atoms with Crippen molar-refractivity contribution in [3.8, 4) is 34.8 Å². The van der Waals surface area contributed by atoms with E-state index in [9.17, 15) is 27.0 Å². The van der Waals surface area contributed by atoms with Gasteiger partial charge in [0, 0.05) is 4.90 Å². The minimum absolute atomic E-state index is 0.0171. The van der Waals surface area contributed by atoms with E-state index >= 15 is 0 Å². The highest BCUT2D eigenvalue weighted by molar-refractivity contribution is 7.99. The molecule has 0 saturated carbocycles. The summed E-state index contributed by atoms with van der Waals surface area (Å²) >= 11 is 1.15. The minimum Gasteiger partial charge on any atom is -0.508 e. The van der Waals surface area contributed by atoms with E-state index in [4.69, 9.17) is 9.47 Å². The summed E-state index contributed by atoms with van der Waals surface area (Å²) in [6.45, 7) is 0. The molecule has 0 unspecified atom stereocenters. The van der Waals surface area contributed by atoms with Crippen molar-refractivity contribution >= 4 is 31.4 Å². The van der Waals surface area contributed by atoms with E-state index in [2.05, 4.69) is 15.0 Å². The molecule has 14 heteroatoms. The predicted octanol–water partition coefficient (Wildman–Crippen LogP) is 6.68. The average Bonchev–Trinajstić information content (AvgIpc) is 3.07. The number of aromatic hydroxyl groups is 2. The molecule has 6 rings (SSSR count). The Balaban J connectivity index is 1.44. The molecule has 6 aromatic rings. The molecular formula is C33H23N3O8S3. The van der Waals surface area contributed by atoms with Gasteiger partial charge in [0.05, 0.1) is 9.79 Å². The smallest absolute Gasteiger partial charge is 0.326 e. The fraction of sp³-hybridized carbons (Fsp3) is 0. The van der Waals surface area contributed by atoms with Crippen LogP contribution in [-0.4, -0.2) is 42.0 Å². The van der Waals surface area contributed by atoms with Crippen molar-refractivity contribution in [3.63, 3.8) is 0 Å². The number of aromatic nitrogens is 3. The number of ether oxygens (including phenoxy) is 2. The molecule has 0 bridgehead atoms. The summed E-state index contributed by atoms with van der Waals surface area (Å²) in [4.78, 5) is 12.7. The first-order valence-electron chi connectivity index (χ1n) is 13.7. The lowest BCUT2D eigenvalue weighted by Crippen LogP contribution is -2.07. The molecule has 1 heterocycles. The van der Waals surface area contributed by atoms with Gasteiger partial charge in [0.2, 0.25) is 19.7 Å². The van der Waals surface area contributed by atoms with Crippen LogP contribution in [0.2, 0.25) is 0 Å². The molecule has 0 atom stereocenters. The van der Waals surface area contributed by atoms with Crippen molar-refractivity contribution in [2.24, 2.45) is 0 Å². The fourth-order valence-electron chi connectivity index (χ4n) is 4.32. The van der Waals surface area contributed by atoms with Crippen molar-refractivity contribution in [1.82, 2.24) is 15.0 Å². The van der Waals surface area contributed by atoms with Gasteiger partial charge in [0.15, 0.2) is 16.7 Å². The van der Waals surface area contributed by atoms with Gasteiger partial charge in [-0.25, -0.2) is 21.8 Å². The molecule has 0 radical (unpaired) electrons. The number of rotatable bonds is 10. The molecule has 11 nitrogen and oxygen atoms in total. The lowest BCUT2D eigenvalue weighted by atomic mass is 10.3. The number of para-hydroxylation sites is 2. The molecule has 236 valence electrons. The zero-order valence-electron chi connectivity index (χ0n) is 24.0. The van der Waals surface area contributed by atoms with Gasteiger partial charge < -0.3 is 19.7 Å². The molecule has 0 saturated heterocycles. The molecule has 0 aliphatic carbocycles. The quantitative estimate of drug-likeness (QED) is 0.157. The van der Waals surface area contributed by atoms with E-state index in [-0.39, 0.29) is 59.5 Å². The highest BCUT2D eigenvalue weighted by Gasteiger charge is 2.28. The maximum atomic E-state index is 13.9. The number of benzene rings is 5. The van der Waals surface area contributed by atoms with Gasteiger partial charge in [-0.15, -0.1) is 0 Å². The second-order valence-electron chi connectivity index (χ2n) is 9.69. The third kappa shape index (κ3) is 6.89. The van der Waals surface area contributed by atoms with Crippen molar-refractivity contribution < 1.29 is 36.5 Å². The monoisotopic (exact) mass is 685 g/mol. The van der Waals surface area contributed by atoms with Gasteiger partial charge in [-0.1, -0.05) is 36.4 Å². The normalized spacial score (nSPS) is 11.6. The Morgan fingerprint density at radius 3 is 1.85 bits per heavy atom. The molecule has 47 heavy (non-hydrogen) atoms. The van der Waals surface area contributed by atoms with Crippen LogP contribution in [0.5, 0.6) is 34.8 Å². The number of hydrogen-bond donors (Lipinski definition) is 2. The van der Waals surface area contributed by atoms with Gasteiger partial charge in [-0.05, 0) is 96.7 Å². The van der Waals surface area contributed by atoms with E-state index in [1.165, 1.54) is 91.3 Å². The van der Waals surface area contributed by atoms with Crippen LogP contribution in [0.1, 0.15) is 0 Å². The third-order valence-corrected chi connectivity index (χ3v) is 11.0. The summed E-state index contributed by atoms with van der Waals surface area (Å²) in [7, 11) is -8.34. The Morgan fingerprint density at radius 2 is 1.13 bits per heavy atom. The Labute approximate surface area is 274 Å². The first-order chi connectivity index (χ1) is 22.6. The first-order valence-corrected chi connectivity index (χ1v) is 17.5. The standard InChI is InChI=1S/C33H23N3O8S3/c37-22-13-17-24(18-14-22)45-33-35-21-34-32(36-33)44-31-28(10-6-12-30(31)47(41,42)25-7-2-1-3-8-25)43-27-9-4-5-11-29(27)46(39,40)26-19-15-23(38)16-20-26/h1-21,37-38H. The highest BCUT2D eigenvalue weighted by Crippen LogP contribution is 2.43. The largest absolute Gasteiger partial charge is 0.508 e. The van der Waals surface area contributed by atoms with Gasteiger partial charge in [-0.2, -0.15) is 9.97 Å². The molecular weight excluding hydrogens is 663 g/mol. The lowest BCUT2D eigenvalue weighted by molar-refractivity contribution is 0.380. The van der Waals surface area contributed by atoms with E-state index < -0.39 is 19.7 Å². The summed E-state index contributed by atoms with van der Waals surface area (Å²) in [5.41, 5.74) is 0. The second kappa shape index (κ2) is 13.1. The number of sulfone groups is 2. The number of phenols is 2. The Kier molecular flexibility index (Phi) is 8.80. The first kappa shape index (κ1) is 31.5. The van der Waals surface area contributed by atoms with Gasteiger partial charge in [0.25, 0.3) is 0 Å². The maximum absolute atomic E-state index is 13.9. The molecule has 0 fully saturated rings. The predicted molar refractivity (Wildman–Crippen MR) is 171 cm³/mol. The zero-order chi connectivity index (χ0) is 33.0. The minimum atomic E-state index is -4.20. The second-order valence-corrected chi connectivity index (χ2v) is 14.6. The fourth-order valence-corrected chi connectivity index (χ4v) is 7.82. The van der Waals surface area contributed by atoms with E-state index in [1.807, 2.05) is 0 Å². The summed E-state index contributed by atoms with van der Waals surface area (Å²) in [5, 5.41) is 19.5.